The lowest BCUT2D eigenvalue weighted by Gasteiger charge is -2.24. The Labute approximate surface area is 89.3 Å². The normalized spacial score (nSPS) is 15.5. The van der Waals surface area contributed by atoms with Gasteiger partial charge in [-0.1, -0.05) is 0 Å². The van der Waals surface area contributed by atoms with Gasteiger partial charge in [0.1, 0.15) is 5.82 Å². The maximum absolute atomic E-state index is 12.2. The van der Waals surface area contributed by atoms with Crippen LogP contribution in [0.4, 0.5) is 0 Å². The van der Waals surface area contributed by atoms with E-state index in [0.29, 0.717) is 6.54 Å². The van der Waals surface area contributed by atoms with Crippen molar-refractivity contribution >= 4 is 0 Å². The minimum atomic E-state index is -0.203. The molecule has 0 unspecified atom stereocenters. The molecule has 0 saturated carbocycles. The highest BCUT2D eigenvalue weighted by Gasteiger charge is 2.24. The molecule has 1 aromatic rings. The van der Waals surface area contributed by atoms with Gasteiger partial charge in [0.25, 0.3) is 5.56 Å². The molecular formula is C11H17N3O. The summed E-state index contributed by atoms with van der Waals surface area (Å²) in [6, 6.07) is 0. The summed E-state index contributed by atoms with van der Waals surface area (Å²) in [6.45, 7) is 9.34. The van der Waals surface area contributed by atoms with Crippen molar-refractivity contribution in [3.63, 3.8) is 0 Å². The van der Waals surface area contributed by atoms with Crippen LogP contribution in [0.1, 0.15) is 37.9 Å². The van der Waals surface area contributed by atoms with E-state index < -0.39 is 0 Å². The smallest absolute Gasteiger partial charge is 0.258 e. The SMILES string of the molecule is Cc1nc2c(c(=O)n1C(C)(C)C)CNC2. The zero-order valence-electron chi connectivity index (χ0n) is 9.72. The summed E-state index contributed by atoms with van der Waals surface area (Å²) >= 11 is 0. The molecule has 4 heteroatoms. The van der Waals surface area contributed by atoms with Gasteiger partial charge in [-0.3, -0.25) is 9.36 Å². The molecule has 0 fully saturated rings. The zero-order valence-corrected chi connectivity index (χ0v) is 9.72. The molecule has 0 aliphatic carbocycles. The van der Waals surface area contributed by atoms with E-state index in [2.05, 4.69) is 10.3 Å². The molecule has 1 aliphatic heterocycles. The maximum atomic E-state index is 12.2. The molecule has 1 N–H and O–H groups in total. The van der Waals surface area contributed by atoms with E-state index in [1.54, 1.807) is 4.57 Å². The highest BCUT2D eigenvalue weighted by atomic mass is 16.1. The van der Waals surface area contributed by atoms with Crippen LogP contribution in [-0.4, -0.2) is 9.55 Å². The highest BCUT2D eigenvalue weighted by Crippen LogP contribution is 2.16. The number of aryl methyl sites for hydroxylation is 1. The molecule has 0 bridgehead atoms. The van der Waals surface area contributed by atoms with Crippen molar-refractivity contribution in [2.45, 2.75) is 46.3 Å². The number of fused-ring (bicyclic) bond motifs is 1. The van der Waals surface area contributed by atoms with Crippen LogP contribution in [0.2, 0.25) is 0 Å². The van der Waals surface area contributed by atoms with Crippen molar-refractivity contribution in [3.05, 3.63) is 27.4 Å². The fourth-order valence-electron chi connectivity index (χ4n) is 2.14. The molecule has 82 valence electrons. The minimum absolute atomic E-state index is 0.106. The van der Waals surface area contributed by atoms with Gasteiger partial charge in [-0.05, 0) is 27.7 Å². The quantitative estimate of drug-likeness (QED) is 0.688. The van der Waals surface area contributed by atoms with Crippen molar-refractivity contribution < 1.29 is 0 Å². The molecule has 0 saturated heterocycles. The van der Waals surface area contributed by atoms with Gasteiger partial charge >= 0.3 is 0 Å². The molecule has 0 radical (unpaired) electrons. The van der Waals surface area contributed by atoms with Gasteiger partial charge in [-0.25, -0.2) is 4.98 Å². The van der Waals surface area contributed by atoms with E-state index in [1.807, 2.05) is 27.7 Å². The third-order valence-corrected chi connectivity index (χ3v) is 2.70. The number of aromatic nitrogens is 2. The maximum Gasteiger partial charge on any atom is 0.258 e. The Morgan fingerprint density at radius 1 is 1.33 bits per heavy atom. The van der Waals surface area contributed by atoms with Crippen LogP contribution in [0.25, 0.3) is 0 Å². The molecule has 2 heterocycles. The largest absolute Gasteiger partial charge is 0.307 e. The Morgan fingerprint density at radius 2 is 2.00 bits per heavy atom. The fourth-order valence-corrected chi connectivity index (χ4v) is 2.14. The first-order valence-corrected chi connectivity index (χ1v) is 5.24. The summed E-state index contributed by atoms with van der Waals surface area (Å²) in [5.74, 6) is 0.801. The Morgan fingerprint density at radius 3 is 2.60 bits per heavy atom. The lowest BCUT2D eigenvalue weighted by molar-refractivity contribution is 0.367. The lowest BCUT2D eigenvalue weighted by Crippen LogP contribution is -2.38. The average Bonchev–Trinajstić information content (AvgIpc) is 2.48. The van der Waals surface area contributed by atoms with Crippen LogP contribution in [0.3, 0.4) is 0 Å². The number of nitrogens with one attached hydrogen (secondary N) is 1. The van der Waals surface area contributed by atoms with E-state index in [-0.39, 0.29) is 11.1 Å². The summed E-state index contributed by atoms with van der Waals surface area (Å²) < 4.78 is 1.78. The van der Waals surface area contributed by atoms with Crippen molar-refractivity contribution in [1.29, 1.82) is 0 Å². The standard InChI is InChI=1S/C11H17N3O/c1-7-13-9-6-12-5-8(9)10(15)14(7)11(2,3)4/h12H,5-6H2,1-4H3. The summed E-state index contributed by atoms with van der Waals surface area (Å²) in [5, 5.41) is 3.16. The first-order valence-electron chi connectivity index (χ1n) is 5.24. The van der Waals surface area contributed by atoms with E-state index in [9.17, 15) is 4.79 Å². The summed E-state index contributed by atoms with van der Waals surface area (Å²) in [5.41, 5.74) is 1.65. The molecule has 0 spiro atoms. The zero-order chi connectivity index (χ0) is 11.2. The predicted octanol–water partition coefficient (Wildman–Crippen LogP) is 0.910. The van der Waals surface area contributed by atoms with Crippen LogP contribution >= 0.6 is 0 Å². The molecule has 0 amide bonds. The van der Waals surface area contributed by atoms with Crippen molar-refractivity contribution in [3.8, 4) is 0 Å². The molecule has 4 nitrogen and oxygen atoms in total. The summed E-state index contributed by atoms with van der Waals surface area (Å²) in [6.07, 6.45) is 0. The molecule has 15 heavy (non-hydrogen) atoms. The van der Waals surface area contributed by atoms with E-state index >= 15 is 0 Å². The Kier molecular flexibility index (Phi) is 2.19. The van der Waals surface area contributed by atoms with E-state index in [0.717, 1.165) is 23.6 Å². The first-order chi connectivity index (χ1) is 6.91. The van der Waals surface area contributed by atoms with Crippen LogP contribution in [0, 0.1) is 6.92 Å². The van der Waals surface area contributed by atoms with Crippen molar-refractivity contribution in [2.24, 2.45) is 0 Å². The van der Waals surface area contributed by atoms with Crippen LogP contribution in [0.5, 0.6) is 0 Å². The van der Waals surface area contributed by atoms with E-state index in [4.69, 9.17) is 0 Å². The summed E-state index contributed by atoms with van der Waals surface area (Å²) in [7, 11) is 0. The topological polar surface area (TPSA) is 46.9 Å². The first kappa shape index (κ1) is 10.4. The van der Waals surface area contributed by atoms with Crippen molar-refractivity contribution in [1.82, 2.24) is 14.9 Å². The van der Waals surface area contributed by atoms with Gasteiger partial charge < -0.3 is 5.32 Å². The Bertz CT molecular complexity index is 454. The second-order valence-electron chi connectivity index (χ2n) is 5.00. The Hall–Kier alpha value is -1.16. The molecule has 0 atom stereocenters. The molecule has 2 rings (SSSR count). The second-order valence-corrected chi connectivity index (χ2v) is 5.00. The molecule has 0 aromatic carbocycles. The second kappa shape index (κ2) is 3.17. The number of hydrogen-bond acceptors (Lipinski definition) is 3. The van der Waals surface area contributed by atoms with Gasteiger partial charge in [0.05, 0.1) is 11.3 Å². The summed E-state index contributed by atoms with van der Waals surface area (Å²) in [4.78, 5) is 16.7. The molecular weight excluding hydrogens is 190 g/mol. The minimum Gasteiger partial charge on any atom is -0.307 e. The number of rotatable bonds is 0. The van der Waals surface area contributed by atoms with Gasteiger partial charge in [0.2, 0.25) is 0 Å². The average molecular weight is 207 g/mol. The number of hydrogen-bond donors (Lipinski definition) is 1. The highest BCUT2D eigenvalue weighted by molar-refractivity contribution is 5.23. The molecule has 1 aliphatic rings. The fraction of sp³-hybridized carbons (Fsp3) is 0.636. The Balaban J connectivity index is 2.73. The molecule has 1 aromatic heterocycles. The third kappa shape index (κ3) is 1.59. The lowest BCUT2D eigenvalue weighted by atomic mass is 10.1. The van der Waals surface area contributed by atoms with Crippen LogP contribution < -0.4 is 10.9 Å². The van der Waals surface area contributed by atoms with Gasteiger partial charge in [-0.15, -0.1) is 0 Å². The van der Waals surface area contributed by atoms with Crippen molar-refractivity contribution in [2.75, 3.05) is 0 Å². The number of nitrogens with zero attached hydrogens (tertiary/aromatic N) is 2. The van der Waals surface area contributed by atoms with Gasteiger partial charge in [0.15, 0.2) is 0 Å². The van der Waals surface area contributed by atoms with Gasteiger partial charge in [0, 0.05) is 18.6 Å². The van der Waals surface area contributed by atoms with Crippen LogP contribution in [0.15, 0.2) is 4.79 Å². The monoisotopic (exact) mass is 207 g/mol. The predicted molar refractivity (Wildman–Crippen MR) is 58.8 cm³/mol. The van der Waals surface area contributed by atoms with E-state index in [1.165, 1.54) is 0 Å². The van der Waals surface area contributed by atoms with Gasteiger partial charge in [-0.2, -0.15) is 0 Å². The third-order valence-electron chi connectivity index (χ3n) is 2.70. The van der Waals surface area contributed by atoms with Crippen LogP contribution in [-0.2, 0) is 18.6 Å².